The molecule has 1 N–H and O–H groups in total. The molecule has 0 heterocycles. The monoisotopic (exact) mass is 378 g/mol. The largest absolute Gasteiger partial charge is 0.478 e. The smallest absolute Gasteiger partial charge is 0.337 e. The number of Topliss-reactive ketones (excluding diaryl/α,β-unsaturated/α-hetero) is 1. The van der Waals surface area contributed by atoms with Crippen molar-refractivity contribution in [3.63, 3.8) is 0 Å². The summed E-state index contributed by atoms with van der Waals surface area (Å²) >= 11 is 5.83. The number of rotatable bonds is 5. The lowest BCUT2D eigenvalue weighted by Crippen LogP contribution is -2.09. The van der Waals surface area contributed by atoms with Crippen molar-refractivity contribution in [3.8, 4) is 0 Å². The van der Waals surface area contributed by atoms with Crippen LogP contribution in [0.1, 0.15) is 18.1 Å². The van der Waals surface area contributed by atoms with E-state index in [1.807, 2.05) is 0 Å². The summed E-state index contributed by atoms with van der Waals surface area (Å²) in [5.41, 5.74) is 0.479. The van der Waals surface area contributed by atoms with E-state index in [1.54, 1.807) is 0 Å². The minimum absolute atomic E-state index is 0.00475. The normalized spacial score (nSPS) is 12.4. The molecule has 0 aliphatic carbocycles. The number of aliphatic carboxylic acids is 1. The minimum Gasteiger partial charge on any atom is -0.478 e. The number of hydrogen-bond donors (Lipinski definition) is 1. The van der Waals surface area contributed by atoms with E-state index in [1.165, 1.54) is 55.5 Å². The first-order valence-corrected chi connectivity index (χ1v) is 9.43. The van der Waals surface area contributed by atoms with Crippen LogP contribution < -0.4 is 0 Å². The van der Waals surface area contributed by atoms with Crippen molar-refractivity contribution in [2.45, 2.75) is 11.8 Å². The summed E-state index contributed by atoms with van der Waals surface area (Å²) in [5, 5.41) is 10.1. The molecule has 0 saturated heterocycles. The number of ketones is 1. The van der Waals surface area contributed by atoms with Crippen LogP contribution in [0.3, 0.4) is 0 Å². The molecule has 0 bridgehead atoms. The third-order valence-electron chi connectivity index (χ3n) is 3.52. The maximum Gasteiger partial charge on any atom is 0.337 e. The van der Waals surface area contributed by atoms with Gasteiger partial charge in [-0.1, -0.05) is 35.9 Å². The van der Waals surface area contributed by atoms with Gasteiger partial charge in [0.2, 0.25) is 0 Å². The van der Waals surface area contributed by atoms with Crippen molar-refractivity contribution in [2.24, 2.45) is 0 Å². The number of hydrogen-bond acceptors (Lipinski definition) is 4. The van der Waals surface area contributed by atoms with Crippen LogP contribution in [-0.2, 0) is 19.4 Å². The average molecular weight is 379 g/mol. The molecule has 2 rings (SSSR count). The number of carbonyl (C=O) groups excluding carboxylic acids is 1. The lowest BCUT2D eigenvalue weighted by molar-refractivity contribution is -0.130. The molecule has 0 amide bonds. The van der Waals surface area contributed by atoms with Gasteiger partial charge in [-0.3, -0.25) is 4.79 Å². The number of allylic oxidation sites excluding steroid dienone is 1. The van der Waals surface area contributed by atoms with E-state index in [9.17, 15) is 23.1 Å². The van der Waals surface area contributed by atoms with Crippen molar-refractivity contribution in [1.82, 2.24) is 0 Å². The first kappa shape index (κ1) is 18.9. The van der Waals surface area contributed by atoms with Gasteiger partial charge in [0.1, 0.15) is 0 Å². The predicted octanol–water partition coefficient (Wildman–Crippen LogP) is 3.33. The molecule has 0 aliphatic heterocycles. The van der Waals surface area contributed by atoms with Crippen LogP contribution in [0.15, 0.2) is 53.4 Å². The Kier molecular flexibility index (Phi) is 5.45. The third-order valence-corrected chi connectivity index (χ3v) is 4.90. The highest BCUT2D eigenvalue weighted by molar-refractivity contribution is 7.90. The second kappa shape index (κ2) is 7.21. The van der Waals surface area contributed by atoms with Crippen molar-refractivity contribution in [1.29, 1.82) is 0 Å². The van der Waals surface area contributed by atoms with Gasteiger partial charge in [-0.15, -0.1) is 0 Å². The molecule has 2 aromatic rings. The van der Waals surface area contributed by atoms with Crippen LogP contribution >= 0.6 is 11.6 Å². The first-order valence-electron chi connectivity index (χ1n) is 7.16. The molecule has 5 nitrogen and oxygen atoms in total. The highest BCUT2D eigenvalue weighted by Gasteiger charge is 2.22. The van der Waals surface area contributed by atoms with Crippen LogP contribution in [-0.4, -0.2) is 31.5 Å². The number of carboxylic acids is 1. The topological polar surface area (TPSA) is 88.5 Å². The molecule has 25 heavy (non-hydrogen) atoms. The summed E-state index contributed by atoms with van der Waals surface area (Å²) in [6, 6.07) is 11.6. The standard InChI is InChI=1S/C18H15ClO5S/c1-11(20)16(12-5-9-15(10-6-12)25(2,23)24)17(18(21)22)13-3-7-14(19)8-4-13/h3-10H,1-2H3,(H,21,22)/b17-16+. The Hall–Kier alpha value is -2.44. The summed E-state index contributed by atoms with van der Waals surface area (Å²) in [4.78, 5) is 24.0. The second-order valence-corrected chi connectivity index (χ2v) is 7.87. The lowest BCUT2D eigenvalue weighted by atomic mass is 9.92. The van der Waals surface area contributed by atoms with Crippen molar-refractivity contribution in [3.05, 3.63) is 64.7 Å². The molecule has 0 aliphatic rings. The summed E-state index contributed by atoms with van der Waals surface area (Å²) in [6.45, 7) is 1.26. The van der Waals surface area contributed by atoms with Crippen LogP contribution in [0.4, 0.5) is 0 Å². The van der Waals surface area contributed by atoms with Gasteiger partial charge in [0, 0.05) is 16.9 Å². The quantitative estimate of drug-likeness (QED) is 0.636. The second-order valence-electron chi connectivity index (χ2n) is 5.41. The highest BCUT2D eigenvalue weighted by Crippen LogP contribution is 2.29. The Balaban J connectivity index is 2.71. The Morgan fingerprint density at radius 2 is 1.32 bits per heavy atom. The highest BCUT2D eigenvalue weighted by atomic mass is 35.5. The fraction of sp³-hybridized carbons (Fsp3) is 0.111. The van der Waals surface area contributed by atoms with Gasteiger partial charge in [-0.05, 0) is 42.3 Å². The fourth-order valence-electron chi connectivity index (χ4n) is 2.38. The van der Waals surface area contributed by atoms with Crippen molar-refractivity contribution in [2.75, 3.05) is 6.26 Å². The molecule has 7 heteroatoms. The molecule has 0 fully saturated rings. The summed E-state index contributed by atoms with van der Waals surface area (Å²) in [5.74, 6) is -1.71. The molecule has 130 valence electrons. The molecular weight excluding hydrogens is 364 g/mol. The molecule has 0 saturated carbocycles. The molecule has 0 atom stereocenters. The zero-order chi connectivity index (χ0) is 18.8. The van der Waals surface area contributed by atoms with Gasteiger partial charge in [-0.2, -0.15) is 0 Å². The molecule has 0 spiro atoms. The average Bonchev–Trinajstić information content (AvgIpc) is 2.52. The van der Waals surface area contributed by atoms with Gasteiger partial charge in [-0.25, -0.2) is 13.2 Å². The SMILES string of the molecule is CC(=O)/C(=C(\C(=O)O)c1ccc(Cl)cc1)c1ccc(S(C)(=O)=O)cc1. The predicted molar refractivity (Wildman–Crippen MR) is 96.1 cm³/mol. The fourth-order valence-corrected chi connectivity index (χ4v) is 3.14. The molecule has 0 aromatic heterocycles. The van der Waals surface area contributed by atoms with Crippen molar-refractivity contribution < 1.29 is 23.1 Å². The maximum absolute atomic E-state index is 12.1. The minimum atomic E-state index is -3.39. The van der Waals surface area contributed by atoms with Gasteiger partial charge in [0.05, 0.1) is 10.5 Å². The van der Waals surface area contributed by atoms with E-state index >= 15 is 0 Å². The van der Waals surface area contributed by atoms with Gasteiger partial charge >= 0.3 is 5.97 Å². The Labute approximate surface area is 150 Å². The first-order chi connectivity index (χ1) is 11.6. The third kappa shape index (κ3) is 4.35. The number of benzene rings is 2. The van der Waals surface area contributed by atoms with E-state index in [0.29, 0.717) is 16.1 Å². The van der Waals surface area contributed by atoms with E-state index in [-0.39, 0.29) is 16.0 Å². The van der Waals surface area contributed by atoms with Gasteiger partial charge in [0.25, 0.3) is 0 Å². The zero-order valence-corrected chi connectivity index (χ0v) is 15.1. The summed E-state index contributed by atoms with van der Waals surface area (Å²) in [6.07, 6.45) is 1.07. The molecule has 0 unspecified atom stereocenters. The number of carbonyl (C=O) groups is 2. The summed E-state index contributed by atoms with van der Waals surface area (Å²) < 4.78 is 23.1. The van der Waals surface area contributed by atoms with E-state index < -0.39 is 21.6 Å². The Morgan fingerprint density at radius 1 is 0.880 bits per heavy atom. The van der Waals surface area contributed by atoms with E-state index in [2.05, 4.69) is 0 Å². The number of sulfone groups is 1. The van der Waals surface area contributed by atoms with Crippen LogP contribution in [0.2, 0.25) is 5.02 Å². The van der Waals surface area contributed by atoms with Crippen LogP contribution in [0, 0.1) is 0 Å². The van der Waals surface area contributed by atoms with Gasteiger partial charge < -0.3 is 5.11 Å². The summed E-state index contributed by atoms with van der Waals surface area (Å²) in [7, 11) is -3.39. The Morgan fingerprint density at radius 3 is 1.72 bits per heavy atom. The zero-order valence-electron chi connectivity index (χ0n) is 13.5. The number of carboxylic acid groups (broad SMARTS) is 1. The van der Waals surface area contributed by atoms with Crippen LogP contribution in [0.5, 0.6) is 0 Å². The molecular formula is C18H15ClO5S. The van der Waals surface area contributed by atoms with Crippen molar-refractivity contribution >= 4 is 44.3 Å². The lowest BCUT2D eigenvalue weighted by Gasteiger charge is -2.11. The Bertz CT molecular complexity index is 956. The van der Waals surface area contributed by atoms with Crippen LogP contribution in [0.25, 0.3) is 11.1 Å². The van der Waals surface area contributed by atoms with Gasteiger partial charge in [0.15, 0.2) is 15.6 Å². The molecule has 2 aromatic carbocycles. The molecule has 0 radical (unpaired) electrons. The van der Waals surface area contributed by atoms with E-state index in [4.69, 9.17) is 11.6 Å². The maximum atomic E-state index is 12.1. The van der Waals surface area contributed by atoms with E-state index in [0.717, 1.165) is 6.26 Å². The number of halogens is 1.